The molecular formula is C14H20BrNO2. The first kappa shape index (κ1) is 13.8. The monoisotopic (exact) mass is 313 g/mol. The van der Waals surface area contributed by atoms with Gasteiger partial charge in [0.25, 0.3) is 0 Å². The minimum Gasteiger partial charge on any atom is -0.488 e. The van der Waals surface area contributed by atoms with Crippen LogP contribution in [0.2, 0.25) is 0 Å². The zero-order valence-electron chi connectivity index (χ0n) is 10.7. The molecule has 0 amide bonds. The molecule has 1 aromatic rings. The molecule has 1 saturated heterocycles. The standard InChI is InChI=1S/C14H20BrNO2/c1-11(10-16-12-6-8-17-9-7-12)18-14-5-3-2-4-13(14)15/h2-5,11-12,16H,6-10H2,1H3/t11-/m0/s1. The quantitative estimate of drug-likeness (QED) is 0.906. The summed E-state index contributed by atoms with van der Waals surface area (Å²) < 4.78 is 12.2. The Balaban J connectivity index is 1.74. The average molecular weight is 314 g/mol. The van der Waals surface area contributed by atoms with Crippen LogP contribution in [0.4, 0.5) is 0 Å². The molecule has 3 nitrogen and oxygen atoms in total. The highest BCUT2D eigenvalue weighted by Gasteiger charge is 2.14. The minimum absolute atomic E-state index is 0.159. The lowest BCUT2D eigenvalue weighted by molar-refractivity contribution is 0.0746. The molecule has 0 aliphatic carbocycles. The molecule has 1 atom stereocenters. The van der Waals surface area contributed by atoms with E-state index in [1.807, 2.05) is 24.3 Å². The van der Waals surface area contributed by atoms with Crippen LogP contribution in [-0.4, -0.2) is 31.9 Å². The summed E-state index contributed by atoms with van der Waals surface area (Å²) in [7, 11) is 0. The summed E-state index contributed by atoms with van der Waals surface area (Å²) in [5, 5.41) is 3.54. The van der Waals surface area contributed by atoms with Crippen molar-refractivity contribution in [2.24, 2.45) is 0 Å². The van der Waals surface area contributed by atoms with Gasteiger partial charge < -0.3 is 14.8 Å². The van der Waals surface area contributed by atoms with Crippen LogP contribution < -0.4 is 10.1 Å². The van der Waals surface area contributed by atoms with Gasteiger partial charge in [0.2, 0.25) is 0 Å². The smallest absolute Gasteiger partial charge is 0.133 e. The number of halogens is 1. The Morgan fingerprint density at radius 3 is 2.83 bits per heavy atom. The van der Waals surface area contributed by atoms with Gasteiger partial charge in [0, 0.05) is 25.8 Å². The zero-order chi connectivity index (χ0) is 12.8. The number of hydrogen-bond acceptors (Lipinski definition) is 3. The highest BCUT2D eigenvalue weighted by atomic mass is 79.9. The first-order valence-electron chi connectivity index (χ1n) is 6.48. The minimum atomic E-state index is 0.159. The Kier molecular flexibility index (Phi) is 5.47. The maximum atomic E-state index is 5.90. The molecule has 100 valence electrons. The fourth-order valence-corrected chi connectivity index (χ4v) is 2.41. The van der Waals surface area contributed by atoms with Crippen molar-refractivity contribution in [3.05, 3.63) is 28.7 Å². The van der Waals surface area contributed by atoms with Crippen LogP contribution in [0.25, 0.3) is 0 Å². The zero-order valence-corrected chi connectivity index (χ0v) is 12.3. The van der Waals surface area contributed by atoms with Gasteiger partial charge in [-0.2, -0.15) is 0 Å². The second-order valence-corrected chi connectivity index (χ2v) is 5.51. The molecule has 0 unspecified atom stereocenters. The maximum Gasteiger partial charge on any atom is 0.133 e. The van der Waals surface area contributed by atoms with E-state index in [4.69, 9.17) is 9.47 Å². The van der Waals surface area contributed by atoms with Gasteiger partial charge in [0.15, 0.2) is 0 Å². The third-order valence-corrected chi connectivity index (χ3v) is 3.74. The lowest BCUT2D eigenvalue weighted by Gasteiger charge is -2.25. The average Bonchev–Trinajstić information content (AvgIpc) is 2.40. The van der Waals surface area contributed by atoms with E-state index in [0.29, 0.717) is 6.04 Å². The molecule has 4 heteroatoms. The summed E-state index contributed by atoms with van der Waals surface area (Å²) in [5.41, 5.74) is 0. The number of ether oxygens (including phenoxy) is 2. The molecule has 1 aromatic carbocycles. The fourth-order valence-electron chi connectivity index (χ4n) is 2.03. The number of rotatable bonds is 5. The Morgan fingerprint density at radius 2 is 2.11 bits per heavy atom. The summed E-state index contributed by atoms with van der Waals surface area (Å²) in [6.07, 6.45) is 2.36. The van der Waals surface area contributed by atoms with E-state index in [1.54, 1.807) is 0 Å². The third kappa shape index (κ3) is 4.26. The number of nitrogens with one attached hydrogen (secondary N) is 1. The van der Waals surface area contributed by atoms with Gasteiger partial charge >= 0.3 is 0 Å². The Bertz CT molecular complexity index is 367. The van der Waals surface area contributed by atoms with E-state index in [1.165, 1.54) is 0 Å². The molecule has 18 heavy (non-hydrogen) atoms. The predicted molar refractivity (Wildman–Crippen MR) is 76.1 cm³/mol. The summed E-state index contributed by atoms with van der Waals surface area (Å²) in [4.78, 5) is 0. The Labute approximate surface area is 117 Å². The van der Waals surface area contributed by atoms with Crippen LogP contribution in [0.15, 0.2) is 28.7 Å². The summed E-state index contributed by atoms with van der Waals surface area (Å²) in [6, 6.07) is 8.52. The largest absolute Gasteiger partial charge is 0.488 e. The van der Waals surface area contributed by atoms with E-state index in [-0.39, 0.29) is 6.10 Å². The summed E-state index contributed by atoms with van der Waals surface area (Å²) in [5.74, 6) is 0.902. The van der Waals surface area contributed by atoms with Gasteiger partial charge in [-0.05, 0) is 47.8 Å². The van der Waals surface area contributed by atoms with Crippen molar-refractivity contribution in [2.45, 2.75) is 31.9 Å². The fraction of sp³-hybridized carbons (Fsp3) is 0.571. The van der Waals surface area contributed by atoms with Crippen molar-refractivity contribution in [3.63, 3.8) is 0 Å². The normalized spacial score (nSPS) is 18.6. The molecule has 1 fully saturated rings. The molecule has 1 N–H and O–H groups in total. The lowest BCUT2D eigenvalue weighted by Crippen LogP contribution is -2.40. The third-order valence-electron chi connectivity index (χ3n) is 3.08. The van der Waals surface area contributed by atoms with Crippen molar-refractivity contribution < 1.29 is 9.47 Å². The van der Waals surface area contributed by atoms with Gasteiger partial charge in [-0.1, -0.05) is 12.1 Å². The van der Waals surface area contributed by atoms with E-state index < -0.39 is 0 Å². The van der Waals surface area contributed by atoms with Gasteiger partial charge in [0.1, 0.15) is 11.9 Å². The van der Waals surface area contributed by atoms with E-state index >= 15 is 0 Å². The van der Waals surface area contributed by atoms with Crippen LogP contribution in [0.1, 0.15) is 19.8 Å². The first-order valence-corrected chi connectivity index (χ1v) is 7.27. The SMILES string of the molecule is C[C@@H](CNC1CCOCC1)Oc1ccccc1Br. The molecule has 1 heterocycles. The predicted octanol–water partition coefficient (Wildman–Crippen LogP) is 2.99. The number of benzene rings is 1. The van der Waals surface area contributed by atoms with E-state index in [9.17, 15) is 0 Å². The van der Waals surface area contributed by atoms with E-state index in [2.05, 4.69) is 28.2 Å². The lowest BCUT2D eigenvalue weighted by atomic mass is 10.1. The second-order valence-electron chi connectivity index (χ2n) is 4.65. The number of para-hydroxylation sites is 1. The van der Waals surface area contributed by atoms with Crippen LogP contribution >= 0.6 is 15.9 Å². The Morgan fingerprint density at radius 1 is 1.39 bits per heavy atom. The van der Waals surface area contributed by atoms with Crippen LogP contribution in [0.3, 0.4) is 0 Å². The van der Waals surface area contributed by atoms with Crippen LogP contribution in [0, 0.1) is 0 Å². The van der Waals surface area contributed by atoms with Gasteiger partial charge in [-0.15, -0.1) is 0 Å². The molecule has 0 bridgehead atoms. The van der Waals surface area contributed by atoms with Crippen molar-refractivity contribution >= 4 is 15.9 Å². The maximum absolute atomic E-state index is 5.90. The van der Waals surface area contributed by atoms with Crippen molar-refractivity contribution in [1.29, 1.82) is 0 Å². The number of hydrogen-bond donors (Lipinski definition) is 1. The van der Waals surface area contributed by atoms with Crippen molar-refractivity contribution in [3.8, 4) is 5.75 Å². The molecule has 0 saturated carbocycles. The van der Waals surface area contributed by atoms with Crippen LogP contribution in [0.5, 0.6) is 5.75 Å². The molecule has 0 radical (unpaired) electrons. The second kappa shape index (κ2) is 7.12. The molecule has 1 aliphatic heterocycles. The Hall–Kier alpha value is -0.580. The van der Waals surface area contributed by atoms with Crippen molar-refractivity contribution in [1.82, 2.24) is 5.32 Å². The molecule has 1 aliphatic rings. The first-order chi connectivity index (χ1) is 8.75. The molecule has 2 rings (SSSR count). The highest BCUT2D eigenvalue weighted by molar-refractivity contribution is 9.10. The molecule has 0 spiro atoms. The van der Waals surface area contributed by atoms with Gasteiger partial charge in [0.05, 0.1) is 4.47 Å². The van der Waals surface area contributed by atoms with E-state index in [0.717, 1.165) is 42.8 Å². The summed E-state index contributed by atoms with van der Waals surface area (Å²) in [6.45, 7) is 4.70. The van der Waals surface area contributed by atoms with Crippen LogP contribution in [-0.2, 0) is 4.74 Å². The summed E-state index contributed by atoms with van der Waals surface area (Å²) >= 11 is 3.49. The van der Waals surface area contributed by atoms with Gasteiger partial charge in [-0.3, -0.25) is 0 Å². The van der Waals surface area contributed by atoms with Gasteiger partial charge in [-0.25, -0.2) is 0 Å². The molecular weight excluding hydrogens is 294 g/mol. The van der Waals surface area contributed by atoms with Crippen molar-refractivity contribution in [2.75, 3.05) is 19.8 Å². The topological polar surface area (TPSA) is 30.5 Å². The molecule has 0 aromatic heterocycles. The highest BCUT2D eigenvalue weighted by Crippen LogP contribution is 2.24.